The van der Waals surface area contributed by atoms with E-state index in [2.05, 4.69) is 44.4 Å². The van der Waals surface area contributed by atoms with Crippen molar-refractivity contribution < 1.29 is 9.47 Å². The Morgan fingerprint density at radius 1 is 1.18 bits per heavy atom. The van der Waals surface area contributed by atoms with Crippen LogP contribution in [0, 0.1) is 0 Å². The Kier molecular flexibility index (Phi) is 6.07. The largest absolute Gasteiger partial charge is 0.497 e. The van der Waals surface area contributed by atoms with Crippen molar-refractivity contribution in [1.29, 1.82) is 0 Å². The van der Waals surface area contributed by atoms with Gasteiger partial charge in [-0.3, -0.25) is 4.90 Å². The smallest absolute Gasteiger partial charge is 0.168 e. The number of tetrazole rings is 1. The van der Waals surface area contributed by atoms with E-state index in [1.807, 2.05) is 16.8 Å². The molecule has 2 fully saturated rings. The predicted molar refractivity (Wildman–Crippen MR) is 107 cm³/mol. The first-order valence-electron chi connectivity index (χ1n) is 10.3. The fraction of sp³-hybridized carbons (Fsp3) is 0.650. The van der Waals surface area contributed by atoms with Gasteiger partial charge in [0.15, 0.2) is 5.82 Å². The summed E-state index contributed by atoms with van der Waals surface area (Å²) in [5, 5.41) is 12.6. The molecule has 4 rings (SSSR count). The van der Waals surface area contributed by atoms with Crippen LogP contribution in [0.2, 0.25) is 0 Å². The number of rotatable bonds is 7. The zero-order valence-corrected chi connectivity index (χ0v) is 16.8. The normalized spacial score (nSPS) is 21.8. The minimum Gasteiger partial charge on any atom is -0.497 e. The van der Waals surface area contributed by atoms with Crippen molar-refractivity contribution in [2.75, 3.05) is 44.8 Å². The van der Waals surface area contributed by atoms with Crippen LogP contribution in [0.3, 0.4) is 0 Å². The topological polar surface area (TPSA) is 68.5 Å². The molecule has 2 aromatic rings. The molecule has 0 amide bonds. The summed E-state index contributed by atoms with van der Waals surface area (Å²) in [6, 6.07) is 8.56. The van der Waals surface area contributed by atoms with E-state index >= 15 is 0 Å². The van der Waals surface area contributed by atoms with Crippen LogP contribution in [0.4, 0.5) is 5.69 Å². The maximum absolute atomic E-state index is 5.77. The van der Waals surface area contributed by atoms with Gasteiger partial charge < -0.3 is 14.4 Å². The Hall–Kier alpha value is -2.19. The van der Waals surface area contributed by atoms with Crippen molar-refractivity contribution >= 4 is 5.69 Å². The molecule has 0 N–H and O–H groups in total. The zero-order valence-electron chi connectivity index (χ0n) is 16.8. The van der Waals surface area contributed by atoms with Gasteiger partial charge in [0, 0.05) is 38.5 Å². The number of benzene rings is 1. The van der Waals surface area contributed by atoms with E-state index in [1.54, 1.807) is 7.11 Å². The maximum Gasteiger partial charge on any atom is 0.168 e. The van der Waals surface area contributed by atoms with Crippen molar-refractivity contribution in [2.24, 2.45) is 0 Å². The van der Waals surface area contributed by atoms with E-state index in [0.29, 0.717) is 0 Å². The van der Waals surface area contributed by atoms with E-state index in [4.69, 9.17) is 9.47 Å². The van der Waals surface area contributed by atoms with Crippen LogP contribution < -0.4 is 9.64 Å². The summed E-state index contributed by atoms with van der Waals surface area (Å²) in [7, 11) is 1.70. The fourth-order valence-electron chi connectivity index (χ4n) is 4.25. The van der Waals surface area contributed by atoms with Crippen molar-refractivity contribution in [3.05, 3.63) is 30.1 Å². The lowest BCUT2D eigenvalue weighted by atomic mass is 10.1. The molecule has 2 aliphatic heterocycles. The highest BCUT2D eigenvalue weighted by Crippen LogP contribution is 2.27. The average molecular weight is 387 g/mol. The maximum atomic E-state index is 5.77. The quantitative estimate of drug-likeness (QED) is 0.722. The molecule has 28 heavy (non-hydrogen) atoms. The molecule has 2 saturated heterocycles. The minimum absolute atomic E-state index is 0.242. The highest BCUT2D eigenvalue weighted by atomic mass is 16.5. The fourth-order valence-corrected chi connectivity index (χ4v) is 4.25. The van der Waals surface area contributed by atoms with Gasteiger partial charge >= 0.3 is 0 Å². The first kappa shape index (κ1) is 19.1. The van der Waals surface area contributed by atoms with Gasteiger partial charge in [-0.05, 0) is 54.0 Å². The van der Waals surface area contributed by atoms with Crippen molar-refractivity contribution in [3.8, 4) is 5.75 Å². The molecule has 3 heterocycles. The number of methoxy groups -OCH3 is 1. The van der Waals surface area contributed by atoms with Crippen molar-refractivity contribution in [2.45, 2.75) is 44.9 Å². The highest BCUT2D eigenvalue weighted by molar-refractivity contribution is 5.49. The van der Waals surface area contributed by atoms with Crippen molar-refractivity contribution in [1.82, 2.24) is 25.1 Å². The molecule has 0 spiro atoms. The second-order valence-corrected chi connectivity index (χ2v) is 7.50. The molecular formula is C20H30N6O2. The highest BCUT2D eigenvalue weighted by Gasteiger charge is 2.29. The zero-order chi connectivity index (χ0) is 19.3. The van der Waals surface area contributed by atoms with Gasteiger partial charge in [0.05, 0.1) is 25.8 Å². The lowest BCUT2D eigenvalue weighted by Crippen LogP contribution is -2.48. The Morgan fingerprint density at radius 2 is 1.96 bits per heavy atom. The number of hydrogen-bond acceptors (Lipinski definition) is 7. The molecule has 8 heteroatoms. The van der Waals surface area contributed by atoms with Crippen LogP contribution in [0.5, 0.6) is 5.75 Å². The van der Waals surface area contributed by atoms with Gasteiger partial charge in [-0.2, -0.15) is 0 Å². The summed E-state index contributed by atoms with van der Waals surface area (Å²) in [4.78, 5) is 4.94. The van der Waals surface area contributed by atoms with E-state index in [-0.39, 0.29) is 12.1 Å². The Labute approximate surface area is 166 Å². The van der Waals surface area contributed by atoms with Crippen molar-refractivity contribution in [3.63, 3.8) is 0 Å². The van der Waals surface area contributed by atoms with Crippen LogP contribution in [0.15, 0.2) is 24.3 Å². The van der Waals surface area contributed by atoms with Gasteiger partial charge in [-0.1, -0.05) is 6.92 Å². The van der Waals surface area contributed by atoms with Gasteiger partial charge in [-0.15, -0.1) is 5.10 Å². The standard InChI is InChI=1S/C20H30N6O2/c1-3-19(20-21-22-23-26(20)15-18-5-4-14-28-18)25-12-10-24(11-13-25)16-6-8-17(27-2)9-7-16/h6-9,18-19H,3-5,10-15H2,1-2H3. The van der Waals surface area contributed by atoms with Gasteiger partial charge in [0.2, 0.25) is 0 Å². The summed E-state index contributed by atoms with van der Waals surface area (Å²) in [5.41, 5.74) is 1.25. The third kappa shape index (κ3) is 4.12. The predicted octanol–water partition coefficient (Wildman–Crippen LogP) is 2.13. The number of anilines is 1. The number of piperazine rings is 1. The molecule has 1 aromatic carbocycles. The molecular weight excluding hydrogens is 356 g/mol. The van der Waals surface area contributed by atoms with Crippen LogP contribution in [-0.4, -0.2) is 71.1 Å². The SMILES string of the molecule is CCC(c1nnnn1CC1CCCO1)N1CCN(c2ccc(OC)cc2)CC1. The van der Waals surface area contributed by atoms with E-state index in [1.165, 1.54) is 5.69 Å². The second kappa shape index (κ2) is 8.87. The molecule has 0 bridgehead atoms. The van der Waals surface area contributed by atoms with Gasteiger partial charge in [-0.25, -0.2) is 4.68 Å². The van der Waals surface area contributed by atoms with Crippen LogP contribution in [0.25, 0.3) is 0 Å². The Morgan fingerprint density at radius 3 is 2.61 bits per heavy atom. The summed E-state index contributed by atoms with van der Waals surface area (Å²) < 4.78 is 13.0. The average Bonchev–Trinajstić information content (AvgIpc) is 3.42. The first-order chi connectivity index (χ1) is 13.8. The Bertz CT molecular complexity index is 735. The molecule has 0 radical (unpaired) electrons. The lowest BCUT2D eigenvalue weighted by Gasteiger charge is -2.39. The van der Waals surface area contributed by atoms with Crippen LogP contribution in [0.1, 0.15) is 38.1 Å². The van der Waals surface area contributed by atoms with E-state index in [0.717, 1.165) is 70.2 Å². The van der Waals surface area contributed by atoms with Crippen LogP contribution in [-0.2, 0) is 11.3 Å². The summed E-state index contributed by atoms with van der Waals surface area (Å²) >= 11 is 0. The summed E-state index contributed by atoms with van der Waals surface area (Å²) in [6.07, 6.45) is 3.46. The number of aromatic nitrogens is 4. The second-order valence-electron chi connectivity index (χ2n) is 7.50. The molecule has 0 saturated carbocycles. The summed E-state index contributed by atoms with van der Waals surface area (Å²) in [6.45, 7) is 7.81. The third-order valence-electron chi connectivity index (χ3n) is 5.84. The number of nitrogens with zero attached hydrogens (tertiary/aromatic N) is 6. The van der Waals surface area contributed by atoms with Crippen LogP contribution >= 0.6 is 0 Å². The van der Waals surface area contributed by atoms with Gasteiger partial charge in [0.25, 0.3) is 0 Å². The van der Waals surface area contributed by atoms with Gasteiger partial charge in [0.1, 0.15) is 5.75 Å². The molecule has 0 aliphatic carbocycles. The lowest BCUT2D eigenvalue weighted by molar-refractivity contribution is 0.0894. The first-order valence-corrected chi connectivity index (χ1v) is 10.3. The molecule has 8 nitrogen and oxygen atoms in total. The molecule has 2 aliphatic rings. The minimum atomic E-state index is 0.242. The molecule has 152 valence electrons. The third-order valence-corrected chi connectivity index (χ3v) is 5.84. The van der Waals surface area contributed by atoms with E-state index < -0.39 is 0 Å². The molecule has 2 unspecified atom stereocenters. The Balaban J connectivity index is 1.39. The monoisotopic (exact) mass is 386 g/mol. The van der Waals surface area contributed by atoms with E-state index in [9.17, 15) is 0 Å². The number of hydrogen-bond donors (Lipinski definition) is 0. The summed E-state index contributed by atoms with van der Waals surface area (Å²) in [5.74, 6) is 1.86. The molecule has 2 atom stereocenters. The molecule has 1 aromatic heterocycles. The number of ether oxygens (including phenoxy) is 2.